The van der Waals surface area contributed by atoms with Crippen LogP contribution in [0.25, 0.3) is 0 Å². The molecule has 0 spiro atoms. The van der Waals surface area contributed by atoms with Crippen LogP contribution in [-0.4, -0.2) is 66.9 Å². The maximum atomic E-state index is 12.6. The largest absolute Gasteiger partial charge is 0.357 e. The van der Waals surface area contributed by atoms with Gasteiger partial charge in [0.05, 0.1) is 11.5 Å². The van der Waals surface area contributed by atoms with E-state index in [1.165, 1.54) is 17.6 Å². The Bertz CT molecular complexity index is 686. The Hall–Kier alpha value is -1.70. The first-order valence-corrected chi connectivity index (χ1v) is 9.83. The van der Waals surface area contributed by atoms with E-state index in [0.717, 1.165) is 31.7 Å². The van der Waals surface area contributed by atoms with Crippen LogP contribution in [0.5, 0.6) is 0 Å². The van der Waals surface area contributed by atoms with E-state index >= 15 is 0 Å². The zero-order valence-corrected chi connectivity index (χ0v) is 14.1. The van der Waals surface area contributed by atoms with Crippen LogP contribution in [0.1, 0.15) is 36.2 Å². The molecule has 0 aromatic carbocycles. The Morgan fingerprint density at radius 2 is 2.00 bits per heavy atom. The molecule has 0 saturated carbocycles. The summed E-state index contributed by atoms with van der Waals surface area (Å²) in [6, 6.07) is 1.45. The number of hydrogen-bond donors (Lipinski definition) is 0. The minimum atomic E-state index is -3.02. The van der Waals surface area contributed by atoms with Gasteiger partial charge >= 0.3 is 0 Å². The summed E-state index contributed by atoms with van der Waals surface area (Å²) in [4.78, 5) is 24.6. The van der Waals surface area contributed by atoms with Crippen LogP contribution < -0.4 is 4.90 Å². The van der Waals surface area contributed by atoms with Gasteiger partial charge in [0.25, 0.3) is 5.91 Å². The summed E-state index contributed by atoms with van der Waals surface area (Å²) in [6.45, 7) is 1.89. The van der Waals surface area contributed by atoms with Crippen molar-refractivity contribution < 1.29 is 13.2 Å². The van der Waals surface area contributed by atoms with E-state index < -0.39 is 9.84 Å². The number of sulfone groups is 1. The molecule has 7 nitrogen and oxygen atoms in total. The SMILES string of the molecule is CN(C(=O)c1cc(N2CCCCC2)ncn1)C1CCS(=O)(=O)C1. The van der Waals surface area contributed by atoms with Gasteiger partial charge in [-0.2, -0.15) is 0 Å². The van der Waals surface area contributed by atoms with Crippen LogP contribution in [0.4, 0.5) is 5.82 Å². The third-order valence-corrected chi connectivity index (χ3v) is 6.38. The molecule has 2 aliphatic heterocycles. The molecule has 0 bridgehead atoms. The van der Waals surface area contributed by atoms with Gasteiger partial charge in [0, 0.05) is 32.2 Å². The molecule has 2 fully saturated rings. The topological polar surface area (TPSA) is 83.5 Å². The number of piperidine rings is 1. The van der Waals surface area contributed by atoms with Crippen LogP contribution in [0.15, 0.2) is 12.4 Å². The minimum Gasteiger partial charge on any atom is -0.357 e. The Labute approximate surface area is 136 Å². The lowest BCUT2D eigenvalue weighted by atomic mass is 10.1. The quantitative estimate of drug-likeness (QED) is 0.808. The second-order valence-corrected chi connectivity index (χ2v) is 8.51. The molecule has 1 unspecified atom stereocenters. The lowest BCUT2D eigenvalue weighted by Gasteiger charge is -2.28. The monoisotopic (exact) mass is 338 g/mol. The Kier molecular flexibility index (Phi) is 4.52. The number of hydrogen-bond acceptors (Lipinski definition) is 6. The molecule has 0 N–H and O–H groups in total. The Morgan fingerprint density at radius 3 is 2.65 bits per heavy atom. The van der Waals surface area contributed by atoms with Crippen molar-refractivity contribution in [3.05, 3.63) is 18.1 Å². The first-order valence-electron chi connectivity index (χ1n) is 8.01. The average Bonchev–Trinajstić information content (AvgIpc) is 2.94. The summed E-state index contributed by atoms with van der Waals surface area (Å²) in [6.07, 6.45) is 5.40. The van der Waals surface area contributed by atoms with Crippen LogP contribution >= 0.6 is 0 Å². The number of carbonyl (C=O) groups excluding carboxylic acids is 1. The van der Waals surface area contributed by atoms with Gasteiger partial charge in [-0.25, -0.2) is 18.4 Å². The van der Waals surface area contributed by atoms with Crippen molar-refractivity contribution in [3.63, 3.8) is 0 Å². The lowest BCUT2D eigenvalue weighted by molar-refractivity contribution is 0.0741. The maximum Gasteiger partial charge on any atom is 0.272 e. The van der Waals surface area contributed by atoms with Crippen molar-refractivity contribution in [2.75, 3.05) is 36.5 Å². The van der Waals surface area contributed by atoms with E-state index in [0.29, 0.717) is 12.1 Å². The third kappa shape index (κ3) is 3.63. The van der Waals surface area contributed by atoms with Crippen molar-refractivity contribution in [2.45, 2.75) is 31.7 Å². The van der Waals surface area contributed by atoms with Gasteiger partial charge in [-0.1, -0.05) is 0 Å². The van der Waals surface area contributed by atoms with Crippen LogP contribution in [0, 0.1) is 0 Å². The second-order valence-electron chi connectivity index (χ2n) is 6.28. The number of nitrogens with zero attached hydrogens (tertiary/aromatic N) is 4. The summed E-state index contributed by atoms with van der Waals surface area (Å²) < 4.78 is 23.2. The molecule has 1 aromatic rings. The van der Waals surface area contributed by atoms with Gasteiger partial charge in [0.15, 0.2) is 9.84 Å². The summed E-state index contributed by atoms with van der Waals surface area (Å²) in [5.74, 6) is 0.723. The highest BCUT2D eigenvalue weighted by Crippen LogP contribution is 2.20. The number of rotatable bonds is 3. The molecule has 1 aromatic heterocycles. The van der Waals surface area contributed by atoms with Gasteiger partial charge in [-0.05, 0) is 25.7 Å². The van der Waals surface area contributed by atoms with E-state index in [9.17, 15) is 13.2 Å². The van der Waals surface area contributed by atoms with E-state index in [1.54, 1.807) is 13.1 Å². The van der Waals surface area contributed by atoms with E-state index in [-0.39, 0.29) is 23.5 Å². The minimum absolute atomic E-state index is 0.0410. The fourth-order valence-electron chi connectivity index (χ4n) is 3.19. The van der Waals surface area contributed by atoms with E-state index in [2.05, 4.69) is 14.9 Å². The molecular formula is C15H22N4O3S. The number of amides is 1. The van der Waals surface area contributed by atoms with Gasteiger partial charge in [0.1, 0.15) is 17.8 Å². The fourth-order valence-corrected chi connectivity index (χ4v) is 4.96. The summed E-state index contributed by atoms with van der Waals surface area (Å²) in [5, 5.41) is 0. The molecule has 1 amide bonds. The van der Waals surface area contributed by atoms with Gasteiger partial charge in [0.2, 0.25) is 0 Å². The van der Waals surface area contributed by atoms with Crippen molar-refractivity contribution >= 4 is 21.6 Å². The number of carbonyl (C=O) groups is 1. The first-order chi connectivity index (χ1) is 11.0. The molecule has 0 aliphatic carbocycles. The van der Waals surface area contributed by atoms with E-state index in [4.69, 9.17) is 0 Å². The Morgan fingerprint density at radius 1 is 1.26 bits per heavy atom. The molecule has 3 rings (SSSR count). The summed E-state index contributed by atoms with van der Waals surface area (Å²) in [7, 11) is -1.37. The molecule has 23 heavy (non-hydrogen) atoms. The van der Waals surface area contributed by atoms with Crippen LogP contribution in [0.2, 0.25) is 0 Å². The average molecular weight is 338 g/mol. The van der Waals surface area contributed by atoms with Crippen LogP contribution in [0.3, 0.4) is 0 Å². The highest BCUT2D eigenvalue weighted by Gasteiger charge is 2.33. The highest BCUT2D eigenvalue weighted by molar-refractivity contribution is 7.91. The number of anilines is 1. The zero-order chi connectivity index (χ0) is 16.4. The van der Waals surface area contributed by atoms with Crippen molar-refractivity contribution in [3.8, 4) is 0 Å². The standard InChI is InChI=1S/C15H22N4O3S/c1-18(12-5-8-23(21,22)10-12)15(20)13-9-14(17-11-16-13)19-6-3-2-4-7-19/h9,11-12H,2-8,10H2,1H3. The molecule has 8 heteroatoms. The molecule has 0 radical (unpaired) electrons. The van der Waals surface area contributed by atoms with Crippen LogP contribution in [-0.2, 0) is 9.84 Å². The predicted molar refractivity (Wildman–Crippen MR) is 87.2 cm³/mol. The van der Waals surface area contributed by atoms with Crippen molar-refractivity contribution in [2.24, 2.45) is 0 Å². The van der Waals surface area contributed by atoms with Gasteiger partial charge in [-0.3, -0.25) is 4.79 Å². The lowest BCUT2D eigenvalue weighted by Crippen LogP contribution is -2.38. The second kappa shape index (κ2) is 6.43. The van der Waals surface area contributed by atoms with E-state index in [1.807, 2.05) is 0 Å². The smallest absolute Gasteiger partial charge is 0.272 e. The fraction of sp³-hybridized carbons (Fsp3) is 0.667. The maximum absolute atomic E-state index is 12.6. The third-order valence-electron chi connectivity index (χ3n) is 4.63. The number of aromatic nitrogens is 2. The molecular weight excluding hydrogens is 316 g/mol. The summed E-state index contributed by atoms with van der Waals surface area (Å²) in [5.41, 5.74) is 0.326. The molecule has 3 heterocycles. The van der Waals surface area contributed by atoms with Gasteiger partial charge < -0.3 is 9.80 Å². The van der Waals surface area contributed by atoms with Crippen molar-refractivity contribution in [1.29, 1.82) is 0 Å². The molecule has 2 aliphatic rings. The Balaban J connectivity index is 1.74. The normalized spacial score (nSPS) is 23.7. The van der Waals surface area contributed by atoms with Gasteiger partial charge in [-0.15, -0.1) is 0 Å². The van der Waals surface area contributed by atoms with Crippen molar-refractivity contribution in [1.82, 2.24) is 14.9 Å². The summed E-state index contributed by atoms with van der Waals surface area (Å²) >= 11 is 0. The zero-order valence-electron chi connectivity index (χ0n) is 13.3. The molecule has 2 saturated heterocycles. The first kappa shape index (κ1) is 16.2. The molecule has 1 atom stereocenters. The predicted octanol–water partition coefficient (Wildman–Crippen LogP) is 0.726. The molecule has 126 valence electrons. The highest BCUT2D eigenvalue weighted by atomic mass is 32.2.